The molecule has 0 spiro atoms. The second kappa shape index (κ2) is 6.96. The molecule has 1 unspecified atom stereocenters. The first kappa shape index (κ1) is 16.1. The summed E-state index contributed by atoms with van der Waals surface area (Å²) in [6.45, 7) is 3.57. The average molecular weight is 285 g/mol. The third kappa shape index (κ3) is 2.94. The van der Waals surface area contributed by atoms with E-state index in [1.165, 1.54) is 11.8 Å². The Kier molecular flexibility index (Phi) is 5.59. The van der Waals surface area contributed by atoms with Gasteiger partial charge in [0.1, 0.15) is 11.4 Å². The Hall–Kier alpha value is -2.00. The second-order valence-corrected chi connectivity index (χ2v) is 4.13. The van der Waals surface area contributed by atoms with E-state index < -0.39 is 16.9 Å². The summed E-state index contributed by atoms with van der Waals surface area (Å²) in [5.41, 5.74) is 2.72. The maximum Gasteiger partial charge on any atom is 0.313 e. The minimum absolute atomic E-state index is 0.0258. The van der Waals surface area contributed by atoms with Gasteiger partial charge in [-0.2, -0.15) is 5.10 Å². The second-order valence-electron chi connectivity index (χ2n) is 4.13. The molecule has 0 saturated heterocycles. The zero-order chi connectivity index (χ0) is 15.3. The van der Waals surface area contributed by atoms with Crippen LogP contribution in [0.5, 0.6) is 0 Å². The lowest BCUT2D eigenvalue weighted by Crippen LogP contribution is -2.40. The molecule has 20 heavy (non-hydrogen) atoms. The van der Waals surface area contributed by atoms with Crippen LogP contribution in [-0.2, 0) is 22.4 Å². The minimum atomic E-state index is -0.834. The molecule has 0 aliphatic carbocycles. The van der Waals surface area contributed by atoms with Crippen molar-refractivity contribution in [3.05, 3.63) is 21.5 Å². The molecule has 0 radical (unpaired) electrons. The maximum atomic E-state index is 11.8. The van der Waals surface area contributed by atoms with E-state index in [-0.39, 0.29) is 12.3 Å². The first-order chi connectivity index (χ1) is 9.51. The normalized spacial score (nSPS) is 12.2. The molecule has 0 saturated carbocycles. The summed E-state index contributed by atoms with van der Waals surface area (Å²) >= 11 is 0. The molecular weight excluding hydrogens is 266 g/mol. The summed E-state index contributed by atoms with van der Waals surface area (Å²) < 4.78 is 6.31. The lowest BCUT2D eigenvalue weighted by molar-refractivity contribution is -0.386. The van der Waals surface area contributed by atoms with Crippen LogP contribution < -0.4 is 11.3 Å². The smallest absolute Gasteiger partial charge is 0.313 e. The number of aromatic nitrogens is 2. The predicted molar refractivity (Wildman–Crippen MR) is 70.9 cm³/mol. The molecule has 3 N–H and O–H groups in total. The van der Waals surface area contributed by atoms with Crippen molar-refractivity contribution in [3.63, 3.8) is 0 Å². The van der Waals surface area contributed by atoms with E-state index in [0.717, 1.165) is 0 Å². The summed E-state index contributed by atoms with van der Waals surface area (Å²) in [5.74, 6) is 4.63. The monoisotopic (exact) mass is 285 g/mol. The molecule has 1 atom stereocenters. The fourth-order valence-electron chi connectivity index (χ4n) is 2.06. The molecule has 9 heteroatoms. The Morgan fingerprint density at radius 2 is 2.20 bits per heavy atom. The number of hydrazine groups is 1. The number of carbonyl (C=O) groups is 1. The third-order valence-corrected chi connectivity index (χ3v) is 2.97. The van der Waals surface area contributed by atoms with E-state index in [4.69, 9.17) is 10.6 Å². The van der Waals surface area contributed by atoms with Gasteiger partial charge in [0.05, 0.1) is 11.5 Å². The molecule has 112 valence electrons. The number of hydrogen-bond donors (Lipinski definition) is 2. The summed E-state index contributed by atoms with van der Waals surface area (Å²) in [6.07, 6.45) is 0.779. The minimum Gasteiger partial charge on any atom is -0.382 e. The van der Waals surface area contributed by atoms with Crippen LogP contribution in [0.3, 0.4) is 0 Å². The van der Waals surface area contributed by atoms with Crippen LogP contribution in [-0.4, -0.2) is 34.3 Å². The van der Waals surface area contributed by atoms with Crippen LogP contribution in [0.15, 0.2) is 0 Å². The molecule has 0 aromatic carbocycles. The molecule has 0 bridgehead atoms. The molecule has 9 nitrogen and oxygen atoms in total. The summed E-state index contributed by atoms with van der Waals surface area (Å²) in [5, 5.41) is 15.4. The van der Waals surface area contributed by atoms with Crippen molar-refractivity contribution in [1.29, 1.82) is 0 Å². The van der Waals surface area contributed by atoms with Gasteiger partial charge in [-0.1, -0.05) is 13.8 Å². The van der Waals surface area contributed by atoms with Crippen molar-refractivity contribution < 1.29 is 14.5 Å². The Bertz CT molecular complexity index is 499. The van der Waals surface area contributed by atoms with Gasteiger partial charge in [-0.3, -0.25) is 20.3 Å². The van der Waals surface area contributed by atoms with Crippen LogP contribution in [0.2, 0.25) is 0 Å². The number of amides is 1. The maximum absolute atomic E-state index is 11.8. The van der Waals surface area contributed by atoms with Crippen LogP contribution in [0.1, 0.15) is 31.3 Å². The number of rotatable bonds is 7. The van der Waals surface area contributed by atoms with Crippen molar-refractivity contribution >= 4 is 11.6 Å². The predicted octanol–water partition coefficient (Wildman–Crippen LogP) is 0.0935. The topological polar surface area (TPSA) is 125 Å². The van der Waals surface area contributed by atoms with Gasteiger partial charge in [0, 0.05) is 7.11 Å². The number of aryl methyl sites for hydroxylation is 1. The first-order valence-electron chi connectivity index (χ1n) is 6.25. The molecule has 1 rings (SSSR count). The van der Waals surface area contributed by atoms with Crippen molar-refractivity contribution in [3.8, 4) is 0 Å². The van der Waals surface area contributed by atoms with Gasteiger partial charge in [-0.25, -0.2) is 10.5 Å². The molecule has 1 aromatic rings. The van der Waals surface area contributed by atoms with E-state index >= 15 is 0 Å². The molecule has 1 heterocycles. The molecule has 0 aliphatic rings. The summed E-state index contributed by atoms with van der Waals surface area (Å²) in [7, 11) is 1.43. The highest BCUT2D eigenvalue weighted by Crippen LogP contribution is 2.27. The van der Waals surface area contributed by atoms with E-state index in [9.17, 15) is 14.9 Å². The van der Waals surface area contributed by atoms with Gasteiger partial charge >= 0.3 is 5.69 Å². The van der Waals surface area contributed by atoms with E-state index in [1.807, 2.05) is 5.43 Å². The Balaban J connectivity index is 3.41. The molecule has 1 amide bonds. The molecular formula is C11H19N5O4. The highest BCUT2D eigenvalue weighted by molar-refractivity contribution is 5.80. The van der Waals surface area contributed by atoms with Crippen molar-refractivity contribution in [2.75, 3.05) is 13.7 Å². The average Bonchev–Trinajstić information content (AvgIpc) is 2.82. The number of nitrogens with one attached hydrogen (secondary N) is 1. The first-order valence-corrected chi connectivity index (χ1v) is 6.25. The number of nitrogens with zero attached hydrogens (tertiary/aromatic N) is 3. The SMILES string of the molecule is CCc1nn(C(COC)C(=O)NN)c(CC)c1[N+](=O)[O-]. The number of hydrogen-bond acceptors (Lipinski definition) is 6. The van der Waals surface area contributed by atoms with Gasteiger partial charge in [-0.05, 0) is 12.8 Å². The van der Waals surface area contributed by atoms with Crippen molar-refractivity contribution in [1.82, 2.24) is 15.2 Å². The largest absolute Gasteiger partial charge is 0.382 e. The molecule has 0 fully saturated rings. The van der Waals surface area contributed by atoms with E-state index in [1.54, 1.807) is 13.8 Å². The number of nitrogens with two attached hydrogens (primary N) is 1. The number of nitro groups is 1. The van der Waals surface area contributed by atoms with Crippen LogP contribution in [0.25, 0.3) is 0 Å². The Labute approximate surface area is 116 Å². The van der Waals surface area contributed by atoms with Gasteiger partial charge in [-0.15, -0.1) is 0 Å². The van der Waals surface area contributed by atoms with Gasteiger partial charge < -0.3 is 4.74 Å². The van der Waals surface area contributed by atoms with Crippen LogP contribution in [0, 0.1) is 10.1 Å². The standard InChI is InChI=1S/C11H19N5O4/c1-4-7-10(16(18)19)8(5-2)15(14-7)9(6-20-3)11(17)13-12/h9H,4-6,12H2,1-3H3,(H,13,17). The summed E-state index contributed by atoms with van der Waals surface area (Å²) in [6, 6.07) is -0.834. The zero-order valence-electron chi connectivity index (χ0n) is 11.8. The quantitative estimate of drug-likeness (QED) is 0.316. The third-order valence-electron chi connectivity index (χ3n) is 2.97. The van der Waals surface area contributed by atoms with Gasteiger partial charge in [0.2, 0.25) is 0 Å². The number of ether oxygens (including phenoxy) is 1. The van der Waals surface area contributed by atoms with Crippen molar-refractivity contribution in [2.45, 2.75) is 32.7 Å². The molecule has 0 aliphatic heterocycles. The Morgan fingerprint density at radius 1 is 1.55 bits per heavy atom. The lowest BCUT2D eigenvalue weighted by Gasteiger charge is -2.16. The summed E-state index contributed by atoms with van der Waals surface area (Å²) in [4.78, 5) is 22.5. The van der Waals surface area contributed by atoms with E-state index in [2.05, 4.69) is 5.10 Å². The zero-order valence-corrected chi connectivity index (χ0v) is 11.8. The number of carbonyl (C=O) groups excluding carboxylic acids is 1. The molecule has 1 aromatic heterocycles. The van der Waals surface area contributed by atoms with E-state index in [0.29, 0.717) is 24.2 Å². The highest BCUT2D eigenvalue weighted by Gasteiger charge is 2.31. The Morgan fingerprint density at radius 3 is 2.60 bits per heavy atom. The van der Waals surface area contributed by atoms with Gasteiger partial charge in [0.25, 0.3) is 5.91 Å². The highest BCUT2D eigenvalue weighted by atomic mass is 16.6. The fraction of sp³-hybridized carbons (Fsp3) is 0.636. The fourth-order valence-corrected chi connectivity index (χ4v) is 2.06. The van der Waals surface area contributed by atoms with Crippen molar-refractivity contribution in [2.24, 2.45) is 5.84 Å². The lowest BCUT2D eigenvalue weighted by atomic mass is 10.2. The van der Waals surface area contributed by atoms with Gasteiger partial charge in [0.15, 0.2) is 6.04 Å². The van der Waals surface area contributed by atoms with Crippen LogP contribution >= 0.6 is 0 Å². The number of methoxy groups -OCH3 is 1. The van der Waals surface area contributed by atoms with Crippen LogP contribution in [0.4, 0.5) is 5.69 Å².